The van der Waals surface area contributed by atoms with Gasteiger partial charge in [0.1, 0.15) is 12.4 Å². The van der Waals surface area contributed by atoms with Crippen molar-refractivity contribution in [3.05, 3.63) is 48.3 Å². The van der Waals surface area contributed by atoms with Gasteiger partial charge >= 0.3 is 0 Å². The van der Waals surface area contributed by atoms with Gasteiger partial charge in [-0.1, -0.05) is 31.3 Å². The summed E-state index contributed by atoms with van der Waals surface area (Å²) in [5, 5.41) is 4.55. The van der Waals surface area contributed by atoms with Crippen molar-refractivity contribution in [2.24, 2.45) is 0 Å². The van der Waals surface area contributed by atoms with E-state index < -0.39 is 0 Å². The predicted molar refractivity (Wildman–Crippen MR) is 115 cm³/mol. The molecule has 1 fully saturated rings. The van der Waals surface area contributed by atoms with Gasteiger partial charge in [-0.2, -0.15) is 0 Å². The number of ether oxygens (including phenoxy) is 1. The fourth-order valence-corrected chi connectivity index (χ4v) is 4.31. The number of nitrogens with zero attached hydrogens (tertiary/aromatic N) is 3. The maximum atomic E-state index is 5.95. The number of pyridine rings is 1. The van der Waals surface area contributed by atoms with Gasteiger partial charge in [-0.15, -0.1) is 12.4 Å². The molecule has 0 aliphatic carbocycles. The van der Waals surface area contributed by atoms with Gasteiger partial charge in [-0.05, 0) is 35.7 Å². The number of aromatic nitrogens is 2. The van der Waals surface area contributed by atoms with Gasteiger partial charge in [0.15, 0.2) is 5.13 Å². The summed E-state index contributed by atoms with van der Waals surface area (Å²) < 4.78 is 7.22. The van der Waals surface area contributed by atoms with Gasteiger partial charge in [0, 0.05) is 25.8 Å². The van der Waals surface area contributed by atoms with Crippen LogP contribution in [0.25, 0.3) is 10.2 Å². The van der Waals surface area contributed by atoms with Crippen LogP contribution in [0.15, 0.2) is 42.7 Å². The number of piperazine rings is 1. The molecule has 1 atom stereocenters. The first-order valence-corrected chi connectivity index (χ1v) is 9.93. The van der Waals surface area contributed by atoms with Gasteiger partial charge in [0.2, 0.25) is 0 Å². The average Bonchev–Trinajstić information content (AvgIpc) is 3.10. The summed E-state index contributed by atoms with van der Waals surface area (Å²) in [6.45, 7) is 7.88. The van der Waals surface area contributed by atoms with Gasteiger partial charge < -0.3 is 15.0 Å². The van der Waals surface area contributed by atoms with E-state index in [-0.39, 0.29) is 18.4 Å². The molecule has 0 spiro atoms. The molecular weight excluding hydrogens is 380 g/mol. The first kappa shape index (κ1) is 19.9. The maximum Gasteiger partial charge on any atom is 0.186 e. The van der Waals surface area contributed by atoms with Crippen LogP contribution in [0, 0.1) is 0 Å². The molecular formula is C20H25ClN4OS. The number of hydrogen-bond donors (Lipinski definition) is 1. The highest BCUT2D eigenvalue weighted by Gasteiger charge is 2.25. The van der Waals surface area contributed by atoms with Crippen LogP contribution in [0.4, 0.5) is 5.13 Å². The normalized spacial score (nSPS) is 17.1. The Balaban J connectivity index is 0.00000210. The van der Waals surface area contributed by atoms with E-state index in [9.17, 15) is 0 Å². The van der Waals surface area contributed by atoms with E-state index >= 15 is 0 Å². The predicted octanol–water partition coefficient (Wildman–Crippen LogP) is 4.09. The van der Waals surface area contributed by atoms with Crippen molar-refractivity contribution in [1.82, 2.24) is 15.3 Å². The minimum absolute atomic E-state index is 0. The van der Waals surface area contributed by atoms with E-state index in [2.05, 4.69) is 47.2 Å². The van der Waals surface area contributed by atoms with E-state index in [1.807, 2.05) is 12.1 Å². The molecule has 1 unspecified atom stereocenters. The molecule has 1 saturated heterocycles. The summed E-state index contributed by atoms with van der Waals surface area (Å²) in [6.07, 6.45) is 3.51. The monoisotopic (exact) mass is 404 g/mol. The largest absolute Gasteiger partial charge is 0.490 e. The van der Waals surface area contributed by atoms with Gasteiger partial charge in [-0.3, -0.25) is 4.98 Å². The standard InChI is InChI=1S/C20H24N4OS.ClH/c1-14(2)15-5-6-18-19(10-15)26-20(23-18)24-9-8-22-11-16(24)13-25-17-4-3-7-21-12-17;/h3-7,10,12,14,16,22H,8-9,11,13H2,1-2H3;1H. The topological polar surface area (TPSA) is 50.3 Å². The Morgan fingerprint density at radius 2 is 2.22 bits per heavy atom. The van der Waals surface area contributed by atoms with Crippen molar-refractivity contribution in [3.63, 3.8) is 0 Å². The molecule has 0 saturated carbocycles. The summed E-state index contributed by atoms with van der Waals surface area (Å²) >= 11 is 1.78. The van der Waals surface area contributed by atoms with Crippen molar-refractivity contribution < 1.29 is 4.74 Å². The van der Waals surface area contributed by atoms with Crippen LogP contribution < -0.4 is 15.0 Å². The van der Waals surface area contributed by atoms with E-state index in [4.69, 9.17) is 9.72 Å². The molecule has 1 aliphatic heterocycles. The zero-order chi connectivity index (χ0) is 17.9. The molecule has 1 N–H and O–H groups in total. The van der Waals surface area contributed by atoms with Crippen LogP contribution in [0.1, 0.15) is 25.3 Å². The zero-order valence-corrected chi connectivity index (χ0v) is 17.2. The molecule has 0 bridgehead atoms. The molecule has 2 aromatic heterocycles. The number of halogens is 1. The Morgan fingerprint density at radius 3 is 3.00 bits per heavy atom. The van der Waals surface area contributed by atoms with Crippen LogP contribution in [0.3, 0.4) is 0 Å². The highest BCUT2D eigenvalue weighted by Crippen LogP contribution is 2.32. The van der Waals surface area contributed by atoms with Crippen LogP contribution in [0.2, 0.25) is 0 Å². The number of nitrogens with one attached hydrogen (secondary N) is 1. The third-order valence-corrected chi connectivity index (χ3v) is 5.80. The number of benzene rings is 1. The molecule has 4 rings (SSSR count). The number of anilines is 1. The lowest BCUT2D eigenvalue weighted by Gasteiger charge is -2.35. The number of hydrogen-bond acceptors (Lipinski definition) is 6. The number of rotatable bonds is 5. The lowest BCUT2D eigenvalue weighted by Crippen LogP contribution is -2.54. The highest BCUT2D eigenvalue weighted by molar-refractivity contribution is 7.22. The Kier molecular flexibility index (Phi) is 6.52. The smallest absolute Gasteiger partial charge is 0.186 e. The quantitative estimate of drug-likeness (QED) is 0.693. The van der Waals surface area contributed by atoms with E-state index in [1.165, 1.54) is 10.3 Å². The summed E-state index contributed by atoms with van der Waals surface area (Å²) in [4.78, 5) is 11.4. The number of fused-ring (bicyclic) bond motifs is 1. The van der Waals surface area contributed by atoms with Crippen LogP contribution in [-0.4, -0.2) is 42.3 Å². The summed E-state index contributed by atoms with van der Waals surface area (Å²) in [5.74, 6) is 1.34. The average molecular weight is 405 g/mol. The van der Waals surface area contributed by atoms with Gasteiger partial charge in [0.05, 0.1) is 22.5 Å². The third kappa shape index (κ3) is 4.51. The molecule has 5 nitrogen and oxygen atoms in total. The van der Waals surface area contributed by atoms with E-state index in [0.29, 0.717) is 12.5 Å². The lowest BCUT2D eigenvalue weighted by atomic mass is 10.0. The fourth-order valence-electron chi connectivity index (χ4n) is 3.20. The van der Waals surface area contributed by atoms with Crippen molar-refractivity contribution in [1.29, 1.82) is 0 Å². The Hall–Kier alpha value is -1.89. The Morgan fingerprint density at radius 1 is 1.33 bits per heavy atom. The first-order valence-electron chi connectivity index (χ1n) is 9.11. The van der Waals surface area contributed by atoms with Crippen LogP contribution in [-0.2, 0) is 0 Å². The molecule has 0 radical (unpaired) electrons. The third-order valence-electron chi connectivity index (χ3n) is 4.74. The fraction of sp³-hybridized carbons (Fsp3) is 0.400. The van der Waals surface area contributed by atoms with Crippen molar-refractivity contribution >= 4 is 39.1 Å². The highest BCUT2D eigenvalue weighted by atomic mass is 35.5. The SMILES string of the molecule is CC(C)c1ccc2nc(N3CCNCC3COc3cccnc3)sc2c1.Cl. The molecule has 0 amide bonds. The van der Waals surface area contributed by atoms with Crippen molar-refractivity contribution in [2.45, 2.75) is 25.8 Å². The Bertz CT molecular complexity index is 871. The molecule has 7 heteroatoms. The summed E-state index contributed by atoms with van der Waals surface area (Å²) in [7, 11) is 0. The first-order chi connectivity index (χ1) is 12.7. The maximum absolute atomic E-state index is 5.95. The van der Waals surface area contributed by atoms with Crippen LogP contribution >= 0.6 is 23.7 Å². The second kappa shape index (κ2) is 8.87. The summed E-state index contributed by atoms with van der Waals surface area (Å²) in [6, 6.07) is 10.7. The van der Waals surface area contributed by atoms with Gasteiger partial charge in [-0.25, -0.2) is 4.98 Å². The Labute approximate surface area is 170 Å². The van der Waals surface area contributed by atoms with Crippen LogP contribution in [0.5, 0.6) is 5.75 Å². The minimum Gasteiger partial charge on any atom is -0.490 e. The van der Waals surface area contributed by atoms with Gasteiger partial charge in [0.25, 0.3) is 0 Å². The lowest BCUT2D eigenvalue weighted by molar-refractivity contribution is 0.266. The van der Waals surface area contributed by atoms with Crippen molar-refractivity contribution in [3.8, 4) is 5.75 Å². The molecule has 1 aliphatic rings. The second-order valence-corrected chi connectivity index (χ2v) is 7.94. The minimum atomic E-state index is 0. The molecule has 3 aromatic rings. The van der Waals surface area contributed by atoms with E-state index in [0.717, 1.165) is 36.0 Å². The zero-order valence-electron chi connectivity index (χ0n) is 15.6. The number of thiazole rings is 1. The van der Waals surface area contributed by atoms with E-state index in [1.54, 1.807) is 23.7 Å². The molecule has 144 valence electrons. The molecule has 27 heavy (non-hydrogen) atoms. The molecule has 1 aromatic carbocycles. The van der Waals surface area contributed by atoms with Crippen molar-refractivity contribution in [2.75, 3.05) is 31.1 Å². The molecule has 3 heterocycles. The second-order valence-electron chi connectivity index (χ2n) is 6.93. The summed E-state index contributed by atoms with van der Waals surface area (Å²) in [5.41, 5.74) is 2.45.